The van der Waals surface area contributed by atoms with Crippen molar-refractivity contribution in [3.05, 3.63) is 53.6 Å². The highest BCUT2D eigenvalue weighted by atomic mass is 32.2. The minimum absolute atomic E-state index is 0.0533. The zero-order chi connectivity index (χ0) is 28.2. The van der Waals surface area contributed by atoms with Crippen LogP contribution in [0.3, 0.4) is 0 Å². The molecule has 0 spiro atoms. The number of hydrazone groups is 1. The third-order valence-electron chi connectivity index (χ3n) is 6.30. The summed E-state index contributed by atoms with van der Waals surface area (Å²) in [5, 5.41) is 8.83. The molecule has 0 radical (unpaired) electrons. The molecule has 0 aliphatic carbocycles. The lowest BCUT2D eigenvalue weighted by Crippen LogP contribution is -2.34. The Hall–Kier alpha value is -3.24. The lowest BCUT2D eigenvalue weighted by atomic mass is 10.0. The number of unbranched alkanes of at least 4 members (excludes halogenated alkanes) is 3. The highest BCUT2D eigenvalue weighted by Gasteiger charge is 2.30. The van der Waals surface area contributed by atoms with Crippen LogP contribution in [0.1, 0.15) is 50.2 Å². The van der Waals surface area contributed by atoms with E-state index in [1.807, 2.05) is 37.3 Å². The molecule has 2 aromatic carbocycles. The van der Waals surface area contributed by atoms with Crippen molar-refractivity contribution in [2.45, 2.75) is 50.8 Å². The predicted molar refractivity (Wildman–Crippen MR) is 157 cm³/mol. The Morgan fingerprint density at radius 2 is 1.74 bits per heavy atom. The van der Waals surface area contributed by atoms with Crippen LogP contribution in [0, 0.1) is 0 Å². The third-order valence-corrected chi connectivity index (χ3v) is 7.56. The van der Waals surface area contributed by atoms with Gasteiger partial charge in [-0.25, -0.2) is 9.80 Å². The van der Waals surface area contributed by atoms with Gasteiger partial charge in [-0.15, -0.1) is 0 Å². The van der Waals surface area contributed by atoms with E-state index in [4.69, 9.17) is 19.3 Å². The number of hydrogen-bond acceptors (Lipinski definition) is 8. The number of nitrogens with one attached hydrogen (secondary N) is 1. The van der Waals surface area contributed by atoms with Gasteiger partial charge in [0.1, 0.15) is 0 Å². The molecule has 1 aliphatic heterocycles. The number of carbonyl (C=O) groups is 2. The molecule has 1 heterocycles. The molecular weight excluding hydrogens is 516 g/mol. The van der Waals surface area contributed by atoms with Crippen LogP contribution in [0.25, 0.3) is 0 Å². The average molecular weight is 557 g/mol. The van der Waals surface area contributed by atoms with Crippen LogP contribution < -0.4 is 14.8 Å². The Labute approximate surface area is 235 Å². The predicted octanol–water partition coefficient (Wildman–Crippen LogP) is 6.23. The molecule has 2 aromatic rings. The maximum Gasteiger partial charge on any atom is 0.411 e. The fraction of sp³-hybridized carbons (Fsp3) is 0.483. The quantitative estimate of drug-likeness (QED) is 0.276. The summed E-state index contributed by atoms with van der Waals surface area (Å²) in [5.74, 6) is 1.25. The van der Waals surface area contributed by atoms with Crippen LogP contribution in [-0.2, 0) is 11.3 Å². The first-order valence-corrected chi connectivity index (χ1v) is 14.2. The largest absolute Gasteiger partial charge is 0.493 e. The van der Waals surface area contributed by atoms with Gasteiger partial charge in [-0.3, -0.25) is 10.1 Å². The molecule has 0 aromatic heterocycles. The molecule has 39 heavy (non-hydrogen) atoms. The lowest BCUT2D eigenvalue weighted by Gasteiger charge is -2.28. The minimum Gasteiger partial charge on any atom is -0.493 e. The molecule has 1 unspecified atom stereocenters. The molecule has 212 valence electrons. The molecule has 0 saturated heterocycles. The summed E-state index contributed by atoms with van der Waals surface area (Å²) in [6, 6.07) is 13.0. The fourth-order valence-corrected chi connectivity index (χ4v) is 5.09. The van der Waals surface area contributed by atoms with Crippen LogP contribution in [0.5, 0.6) is 11.5 Å². The zero-order valence-corrected chi connectivity index (χ0v) is 24.4. The number of ether oxygens (including phenoxy) is 3. The van der Waals surface area contributed by atoms with Gasteiger partial charge in [0.2, 0.25) is 0 Å². The summed E-state index contributed by atoms with van der Waals surface area (Å²) < 4.78 is 16.1. The highest BCUT2D eigenvalue weighted by molar-refractivity contribution is 8.14. The number of nitrogens with zero attached hydrogens (tertiary/aromatic N) is 3. The van der Waals surface area contributed by atoms with E-state index in [0.29, 0.717) is 30.3 Å². The maximum absolute atomic E-state index is 12.9. The summed E-state index contributed by atoms with van der Waals surface area (Å²) in [6.45, 7) is 3.84. The Morgan fingerprint density at radius 3 is 2.41 bits per heavy atom. The number of rotatable bonds is 14. The number of thioether (sulfide) groups is 1. The second kappa shape index (κ2) is 15.4. The molecule has 1 atom stereocenters. The first-order valence-electron chi connectivity index (χ1n) is 13.3. The van der Waals surface area contributed by atoms with Crippen LogP contribution in [0.4, 0.5) is 15.3 Å². The summed E-state index contributed by atoms with van der Waals surface area (Å²) in [7, 11) is 7.33. The van der Waals surface area contributed by atoms with Crippen molar-refractivity contribution in [3.8, 4) is 11.5 Å². The number of hydrogen-bond donors (Lipinski definition) is 1. The number of benzene rings is 2. The first kappa shape index (κ1) is 30.3. The van der Waals surface area contributed by atoms with Crippen LogP contribution in [0.2, 0.25) is 0 Å². The van der Waals surface area contributed by atoms with Gasteiger partial charge >= 0.3 is 11.3 Å². The molecule has 1 N–H and O–H groups in total. The Kier molecular flexibility index (Phi) is 11.9. The molecule has 0 bridgehead atoms. The van der Waals surface area contributed by atoms with Crippen molar-refractivity contribution in [2.24, 2.45) is 5.10 Å². The summed E-state index contributed by atoms with van der Waals surface area (Å²) >= 11 is 1.27. The molecule has 0 fully saturated rings. The van der Waals surface area contributed by atoms with E-state index >= 15 is 0 Å². The lowest BCUT2D eigenvalue weighted by molar-refractivity contribution is 0.159. The second-order valence-electron chi connectivity index (χ2n) is 9.57. The van der Waals surface area contributed by atoms with Crippen molar-refractivity contribution in [1.29, 1.82) is 0 Å². The van der Waals surface area contributed by atoms with Crippen molar-refractivity contribution in [3.63, 3.8) is 0 Å². The third kappa shape index (κ3) is 9.18. The van der Waals surface area contributed by atoms with Crippen LogP contribution in [-0.4, -0.2) is 73.7 Å². The molecular formula is C29H40N4O5S. The van der Waals surface area contributed by atoms with E-state index < -0.39 is 6.09 Å². The Balaban J connectivity index is 1.57. The van der Waals surface area contributed by atoms with Gasteiger partial charge in [0.05, 0.1) is 38.3 Å². The van der Waals surface area contributed by atoms with Gasteiger partial charge in [-0.1, -0.05) is 43.7 Å². The van der Waals surface area contributed by atoms with E-state index in [2.05, 4.69) is 24.3 Å². The van der Waals surface area contributed by atoms with Crippen molar-refractivity contribution >= 4 is 34.5 Å². The van der Waals surface area contributed by atoms with E-state index in [1.54, 1.807) is 26.4 Å². The second-order valence-corrected chi connectivity index (χ2v) is 10.7. The molecule has 0 saturated carbocycles. The van der Waals surface area contributed by atoms with Gasteiger partial charge in [-0.05, 0) is 75.8 Å². The van der Waals surface area contributed by atoms with Gasteiger partial charge in [0, 0.05) is 11.3 Å². The summed E-state index contributed by atoms with van der Waals surface area (Å²) in [6.07, 6.45) is 4.47. The van der Waals surface area contributed by atoms with E-state index in [9.17, 15) is 9.59 Å². The fourth-order valence-electron chi connectivity index (χ4n) is 4.16. The van der Waals surface area contributed by atoms with Gasteiger partial charge in [-0.2, -0.15) is 5.10 Å². The Bertz CT molecular complexity index is 1120. The average Bonchev–Trinajstić information content (AvgIpc) is 2.93. The minimum atomic E-state index is -0.464. The van der Waals surface area contributed by atoms with Crippen molar-refractivity contribution in [2.75, 3.05) is 46.8 Å². The maximum atomic E-state index is 12.9. The number of amides is 2. The topological polar surface area (TPSA) is 92.7 Å². The smallest absolute Gasteiger partial charge is 0.411 e. The summed E-state index contributed by atoms with van der Waals surface area (Å²) in [5.41, 5.74) is 3.23. The molecule has 3 rings (SSSR count). The van der Waals surface area contributed by atoms with E-state index in [-0.39, 0.29) is 10.5 Å². The first-order chi connectivity index (χ1) is 18.8. The SMILES string of the molecule is CCC1SC(=O)N(Cc2ccc(NC(=O)OCCCCCCN(C)C)cc2)N=C1c1ccc(OC)c(OC)c1. The van der Waals surface area contributed by atoms with E-state index in [1.165, 1.54) is 16.8 Å². The van der Waals surface area contributed by atoms with Crippen LogP contribution >= 0.6 is 11.8 Å². The molecule has 1 aliphatic rings. The molecule has 10 heteroatoms. The Morgan fingerprint density at radius 1 is 1.03 bits per heavy atom. The zero-order valence-electron chi connectivity index (χ0n) is 23.6. The van der Waals surface area contributed by atoms with Gasteiger partial charge in [0.25, 0.3) is 0 Å². The monoisotopic (exact) mass is 556 g/mol. The van der Waals surface area contributed by atoms with Gasteiger partial charge < -0.3 is 19.1 Å². The van der Waals surface area contributed by atoms with Crippen molar-refractivity contribution in [1.82, 2.24) is 9.91 Å². The van der Waals surface area contributed by atoms with E-state index in [0.717, 1.165) is 55.5 Å². The standard InChI is InChI=1S/C29H40N4O5S/c1-6-26-27(22-13-16-24(36-4)25(19-22)37-5)31-33(29(35)39-26)20-21-11-14-23(15-12-21)30-28(34)38-18-10-8-7-9-17-32(2)3/h11-16,19,26H,6-10,17-18,20H2,1-5H3,(H,30,34). The normalized spacial score (nSPS) is 15.2. The summed E-state index contributed by atoms with van der Waals surface area (Å²) in [4.78, 5) is 27.1. The molecule has 2 amide bonds. The van der Waals surface area contributed by atoms with Crippen LogP contribution in [0.15, 0.2) is 47.6 Å². The number of anilines is 1. The van der Waals surface area contributed by atoms with Gasteiger partial charge in [0.15, 0.2) is 11.5 Å². The number of carbonyl (C=O) groups excluding carboxylic acids is 2. The number of methoxy groups -OCH3 is 2. The molecule has 9 nitrogen and oxygen atoms in total. The van der Waals surface area contributed by atoms with Crippen molar-refractivity contribution < 1.29 is 23.8 Å². The highest BCUT2D eigenvalue weighted by Crippen LogP contribution is 2.33.